The summed E-state index contributed by atoms with van der Waals surface area (Å²) >= 11 is 6.11. The number of furan rings is 1. The summed E-state index contributed by atoms with van der Waals surface area (Å²) in [6.07, 6.45) is 1.13. The largest absolute Gasteiger partial charge is 0.493 e. The van der Waals surface area contributed by atoms with Crippen LogP contribution >= 0.6 is 11.6 Å². The molecular formula is C16H15ClO3. The Morgan fingerprint density at radius 1 is 1.30 bits per heavy atom. The number of ether oxygens (including phenoxy) is 1. The highest BCUT2D eigenvalue weighted by Gasteiger charge is 2.21. The second-order valence-electron chi connectivity index (χ2n) is 5.08. The van der Waals surface area contributed by atoms with E-state index in [0.717, 1.165) is 29.1 Å². The Morgan fingerprint density at radius 3 is 2.80 bits per heavy atom. The zero-order valence-electron chi connectivity index (χ0n) is 11.5. The molecule has 0 fully saturated rings. The standard InChI is InChI=1S/C16H15ClO3/c1-9-5-14(10(2)20-9)15(18)8-12-7-13(17)6-11-3-4-19-16(11)12/h5-7H,3-4,8H2,1-2H3. The van der Waals surface area contributed by atoms with Gasteiger partial charge in [0.25, 0.3) is 0 Å². The number of benzene rings is 1. The van der Waals surface area contributed by atoms with E-state index in [1.807, 2.05) is 19.1 Å². The highest BCUT2D eigenvalue weighted by molar-refractivity contribution is 6.30. The Morgan fingerprint density at radius 2 is 2.10 bits per heavy atom. The number of rotatable bonds is 3. The van der Waals surface area contributed by atoms with Crippen LogP contribution in [0.5, 0.6) is 5.75 Å². The summed E-state index contributed by atoms with van der Waals surface area (Å²) in [5.74, 6) is 2.26. The number of hydrogen-bond acceptors (Lipinski definition) is 3. The fraction of sp³-hybridized carbons (Fsp3) is 0.312. The molecule has 104 valence electrons. The van der Waals surface area contributed by atoms with Crippen LogP contribution in [0.25, 0.3) is 0 Å². The number of halogens is 1. The van der Waals surface area contributed by atoms with E-state index in [2.05, 4.69) is 0 Å². The Kier molecular flexibility index (Phi) is 3.30. The van der Waals surface area contributed by atoms with Crippen LogP contribution in [0.2, 0.25) is 5.02 Å². The van der Waals surface area contributed by atoms with Crippen molar-refractivity contribution in [3.8, 4) is 5.75 Å². The molecule has 3 nitrogen and oxygen atoms in total. The number of hydrogen-bond donors (Lipinski definition) is 0. The maximum Gasteiger partial charge on any atom is 0.170 e. The summed E-state index contributed by atoms with van der Waals surface area (Å²) < 4.78 is 11.0. The van der Waals surface area contributed by atoms with Gasteiger partial charge in [0.1, 0.15) is 17.3 Å². The first-order valence-corrected chi connectivity index (χ1v) is 6.96. The van der Waals surface area contributed by atoms with Gasteiger partial charge >= 0.3 is 0 Å². The zero-order valence-corrected chi connectivity index (χ0v) is 12.2. The Labute approximate surface area is 122 Å². The van der Waals surface area contributed by atoms with E-state index in [0.29, 0.717) is 23.0 Å². The highest BCUT2D eigenvalue weighted by Crippen LogP contribution is 2.33. The molecule has 4 heteroatoms. The van der Waals surface area contributed by atoms with E-state index in [4.69, 9.17) is 20.8 Å². The van der Waals surface area contributed by atoms with Crippen molar-refractivity contribution in [3.63, 3.8) is 0 Å². The van der Waals surface area contributed by atoms with Crippen molar-refractivity contribution in [1.82, 2.24) is 0 Å². The lowest BCUT2D eigenvalue weighted by Gasteiger charge is -2.08. The second kappa shape index (κ2) is 4.98. The molecular weight excluding hydrogens is 276 g/mol. The molecule has 0 saturated heterocycles. The van der Waals surface area contributed by atoms with Gasteiger partial charge in [0.2, 0.25) is 0 Å². The quantitative estimate of drug-likeness (QED) is 0.805. The van der Waals surface area contributed by atoms with Crippen LogP contribution in [0.4, 0.5) is 0 Å². The van der Waals surface area contributed by atoms with Gasteiger partial charge in [0.15, 0.2) is 5.78 Å². The van der Waals surface area contributed by atoms with Gasteiger partial charge in [-0.3, -0.25) is 4.79 Å². The molecule has 0 radical (unpaired) electrons. The molecule has 1 aliphatic heterocycles. The fourth-order valence-corrected chi connectivity index (χ4v) is 2.92. The summed E-state index contributed by atoms with van der Waals surface area (Å²) in [6, 6.07) is 5.50. The third kappa shape index (κ3) is 2.34. The maximum atomic E-state index is 12.4. The highest BCUT2D eigenvalue weighted by atomic mass is 35.5. The van der Waals surface area contributed by atoms with E-state index >= 15 is 0 Å². The van der Waals surface area contributed by atoms with E-state index in [-0.39, 0.29) is 12.2 Å². The number of aryl methyl sites for hydroxylation is 2. The first kappa shape index (κ1) is 13.3. The maximum absolute atomic E-state index is 12.4. The molecule has 1 aromatic heterocycles. The SMILES string of the molecule is Cc1cc(C(=O)Cc2cc(Cl)cc3c2OCC3)c(C)o1. The lowest BCUT2D eigenvalue weighted by atomic mass is 10.00. The van der Waals surface area contributed by atoms with Crippen molar-refractivity contribution in [2.75, 3.05) is 6.61 Å². The number of carbonyl (C=O) groups is 1. The van der Waals surface area contributed by atoms with Gasteiger partial charge in [0.05, 0.1) is 12.2 Å². The molecule has 1 aliphatic rings. The second-order valence-corrected chi connectivity index (χ2v) is 5.51. The van der Waals surface area contributed by atoms with Crippen LogP contribution in [0, 0.1) is 13.8 Å². The zero-order chi connectivity index (χ0) is 14.3. The summed E-state index contributed by atoms with van der Waals surface area (Å²) in [5.41, 5.74) is 2.57. The lowest BCUT2D eigenvalue weighted by molar-refractivity contribution is 0.0990. The molecule has 0 bridgehead atoms. The van der Waals surface area contributed by atoms with Crippen molar-refractivity contribution >= 4 is 17.4 Å². The summed E-state index contributed by atoms with van der Waals surface area (Å²) in [7, 11) is 0. The summed E-state index contributed by atoms with van der Waals surface area (Å²) in [5, 5.41) is 0.650. The topological polar surface area (TPSA) is 39.4 Å². The van der Waals surface area contributed by atoms with Crippen molar-refractivity contribution in [2.24, 2.45) is 0 Å². The van der Waals surface area contributed by atoms with Gasteiger partial charge in [-0.15, -0.1) is 0 Å². The minimum atomic E-state index is 0.0271. The minimum Gasteiger partial charge on any atom is -0.493 e. The van der Waals surface area contributed by atoms with Crippen molar-refractivity contribution in [2.45, 2.75) is 26.7 Å². The molecule has 0 aliphatic carbocycles. The average Bonchev–Trinajstić information content (AvgIpc) is 2.95. The molecule has 0 N–H and O–H groups in total. The van der Waals surface area contributed by atoms with Gasteiger partial charge in [-0.05, 0) is 37.6 Å². The van der Waals surface area contributed by atoms with E-state index in [9.17, 15) is 4.79 Å². The van der Waals surface area contributed by atoms with Gasteiger partial charge in [-0.25, -0.2) is 0 Å². The Balaban J connectivity index is 1.92. The van der Waals surface area contributed by atoms with Crippen LogP contribution in [0.15, 0.2) is 22.6 Å². The van der Waals surface area contributed by atoms with Crippen LogP contribution in [0.1, 0.15) is 33.0 Å². The molecule has 20 heavy (non-hydrogen) atoms. The number of Topliss-reactive ketones (excluding diaryl/α,β-unsaturated/α-hetero) is 1. The predicted molar refractivity (Wildman–Crippen MR) is 76.9 cm³/mol. The fourth-order valence-electron chi connectivity index (χ4n) is 2.65. The van der Waals surface area contributed by atoms with Crippen molar-refractivity contribution in [1.29, 1.82) is 0 Å². The minimum absolute atomic E-state index is 0.0271. The summed E-state index contributed by atoms with van der Waals surface area (Å²) in [6.45, 7) is 4.30. The number of fused-ring (bicyclic) bond motifs is 1. The molecule has 0 atom stereocenters. The van der Waals surface area contributed by atoms with Crippen LogP contribution in [-0.2, 0) is 12.8 Å². The van der Waals surface area contributed by atoms with Gasteiger partial charge in [-0.2, -0.15) is 0 Å². The van der Waals surface area contributed by atoms with Crippen LogP contribution in [-0.4, -0.2) is 12.4 Å². The normalized spacial score (nSPS) is 13.2. The molecule has 3 rings (SSSR count). The molecule has 0 unspecified atom stereocenters. The summed E-state index contributed by atoms with van der Waals surface area (Å²) in [4.78, 5) is 12.4. The van der Waals surface area contributed by atoms with Crippen molar-refractivity contribution < 1.29 is 13.9 Å². The molecule has 1 aromatic carbocycles. The first-order chi connectivity index (χ1) is 9.54. The molecule has 0 amide bonds. The van der Waals surface area contributed by atoms with E-state index < -0.39 is 0 Å². The molecule has 0 spiro atoms. The van der Waals surface area contributed by atoms with Gasteiger partial charge < -0.3 is 9.15 Å². The predicted octanol–water partition coefficient (Wildman–Crippen LogP) is 3.91. The van der Waals surface area contributed by atoms with Crippen LogP contribution in [0.3, 0.4) is 0 Å². The smallest absolute Gasteiger partial charge is 0.170 e. The molecule has 2 heterocycles. The number of carbonyl (C=O) groups excluding carboxylic acids is 1. The Bertz CT molecular complexity index is 685. The number of ketones is 1. The van der Waals surface area contributed by atoms with Crippen molar-refractivity contribution in [3.05, 3.63) is 51.4 Å². The van der Waals surface area contributed by atoms with Gasteiger partial charge in [-0.1, -0.05) is 11.6 Å². The van der Waals surface area contributed by atoms with Gasteiger partial charge in [0, 0.05) is 23.4 Å². The first-order valence-electron chi connectivity index (χ1n) is 6.59. The third-order valence-electron chi connectivity index (χ3n) is 3.52. The average molecular weight is 291 g/mol. The monoisotopic (exact) mass is 290 g/mol. The molecule has 2 aromatic rings. The van der Waals surface area contributed by atoms with E-state index in [1.165, 1.54) is 0 Å². The van der Waals surface area contributed by atoms with E-state index in [1.54, 1.807) is 13.0 Å². The Hall–Kier alpha value is -1.74. The third-order valence-corrected chi connectivity index (χ3v) is 3.74. The van der Waals surface area contributed by atoms with Crippen LogP contribution < -0.4 is 4.74 Å². The molecule has 0 saturated carbocycles. The lowest BCUT2D eigenvalue weighted by Crippen LogP contribution is -2.05.